The van der Waals surface area contributed by atoms with E-state index in [1.54, 1.807) is 0 Å². The number of hydrogen-bond donors (Lipinski definition) is 0. The molecule has 0 aromatic rings. The van der Waals surface area contributed by atoms with Crippen LogP contribution in [0, 0.1) is 50.6 Å². The van der Waals surface area contributed by atoms with E-state index < -0.39 is 7.82 Å². The van der Waals surface area contributed by atoms with Crippen molar-refractivity contribution < 1.29 is 57.6 Å². The molecule has 0 bridgehead atoms. The first-order valence-corrected chi connectivity index (χ1v) is 12.4. The van der Waals surface area contributed by atoms with E-state index in [-0.39, 0.29) is 12.5 Å². The van der Waals surface area contributed by atoms with Crippen LogP contribution in [-0.4, -0.2) is 6.61 Å². The summed E-state index contributed by atoms with van der Waals surface area (Å²) in [5.41, 5.74) is 0. The van der Waals surface area contributed by atoms with Crippen LogP contribution in [0.1, 0.15) is 79.1 Å². The molecule has 6 heteroatoms. The fourth-order valence-corrected chi connectivity index (χ4v) is 4.01. The summed E-state index contributed by atoms with van der Waals surface area (Å²) in [5.74, 6) is 1.26. The zero-order valence-electron chi connectivity index (χ0n) is 14.8. The van der Waals surface area contributed by atoms with Crippen LogP contribution in [0.2, 0.25) is 2.07 Å². The molecule has 0 aliphatic heterocycles. The fourth-order valence-electron chi connectivity index (χ4n) is 2.04. The molecule has 0 aliphatic rings. The average molecular weight is 466 g/mol. The Hall–Kier alpha value is 1.46. The number of phosphoric acid groups is 1. The zero-order chi connectivity index (χ0) is 17.4. The molecule has 0 N–H and O–H groups in total. The molecule has 0 heterocycles. The standard InChI is InChI=1S/C8H19O4P.C8H17.Nd/c1-3-5-6-8(4-2)7-12-13(9,10)11;1-4-6-7-8(3)5-2;/h8H,3-7H2,1-2H3,(H2,9,10,11);8H,3-7H2,1-2H3;/q;;+2/p-2. The van der Waals surface area contributed by atoms with Crippen molar-refractivity contribution in [1.29, 1.82) is 0 Å². The molecular formula is C16H34NdO4P. The molecule has 0 radical (unpaired) electrons. The molecular weight excluding hydrogens is 431 g/mol. The molecule has 0 aliphatic carbocycles. The molecule has 131 valence electrons. The van der Waals surface area contributed by atoms with E-state index in [9.17, 15) is 14.4 Å². The van der Waals surface area contributed by atoms with Gasteiger partial charge in [-0.2, -0.15) is 0 Å². The summed E-state index contributed by atoms with van der Waals surface area (Å²) < 4.78 is 15.9. The molecule has 22 heavy (non-hydrogen) atoms. The molecule has 0 amide bonds. The Morgan fingerprint density at radius 2 is 1.41 bits per heavy atom. The van der Waals surface area contributed by atoms with Crippen LogP contribution in [0.15, 0.2) is 0 Å². The molecule has 0 aromatic carbocycles. The van der Waals surface area contributed by atoms with Crippen LogP contribution >= 0.6 is 7.82 Å². The van der Waals surface area contributed by atoms with Crippen LogP contribution in [0.5, 0.6) is 0 Å². The summed E-state index contributed by atoms with van der Waals surface area (Å²) in [6.07, 6.45) is 9.60. The van der Waals surface area contributed by atoms with E-state index in [4.69, 9.17) is 0 Å². The van der Waals surface area contributed by atoms with Gasteiger partial charge in [0.1, 0.15) is 0 Å². The molecule has 0 rings (SSSR count). The first-order chi connectivity index (χ1) is 10.3. The third-order valence-corrected chi connectivity index (χ3v) is 6.16. The van der Waals surface area contributed by atoms with Crippen molar-refractivity contribution in [1.82, 2.24) is 0 Å². The van der Waals surface area contributed by atoms with Gasteiger partial charge >= 0.3 is 86.3 Å². The van der Waals surface area contributed by atoms with Crippen molar-refractivity contribution >= 4 is 7.82 Å². The third-order valence-electron chi connectivity index (χ3n) is 3.84. The van der Waals surface area contributed by atoms with E-state index in [0.717, 1.165) is 31.6 Å². The zero-order valence-corrected chi connectivity index (χ0v) is 18.9. The quantitative estimate of drug-likeness (QED) is 0.405. The van der Waals surface area contributed by atoms with Gasteiger partial charge in [-0.15, -0.1) is 0 Å². The van der Waals surface area contributed by atoms with Gasteiger partial charge in [0.05, 0.1) is 14.4 Å². The van der Waals surface area contributed by atoms with Crippen molar-refractivity contribution in [2.24, 2.45) is 11.8 Å². The second-order valence-corrected chi connectivity index (χ2v) is 8.24. The van der Waals surface area contributed by atoms with Crippen LogP contribution in [0.3, 0.4) is 0 Å². The Labute approximate surface area is 164 Å². The first kappa shape index (κ1) is 25.7. The molecule has 0 saturated heterocycles. The third kappa shape index (κ3) is 19.5. The monoisotopic (exact) mass is 463 g/mol. The second kappa shape index (κ2) is 17.3. The van der Waals surface area contributed by atoms with Gasteiger partial charge in [0, 0.05) is 0 Å². The summed E-state index contributed by atoms with van der Waals surface area (Å²) in [6.45, 7) is 8.67. The summed E-state index contributed by atoms with van der Waals surface area (Å²) in [4.78, 5) is 20.4. The van der Waals surface area contributed by atoms with Crippen LogP contribution in [0.25, 0.3) is 0 Å². The van der Waals surface area contributed by atoms with E-state index in [0.29, 0.717) is 0 Å². The van der Waals surface area contributed by atoms with Gasteiger partial charge in [0.15, 0.2) is 0 Å². The summed E-state index contributed by atoms with van der Waals surface area (Å²) in [7, 11) is -4.76. The maximum atomic E-state index is 10.2. The molecule has 0 aromatic heterocycles. The van der Waals surface area contributed by atoms with E-state index >= 15 is 0 Å². The van der Waals surface area contributed by atoms with Gasteiger partial charge in [-0.3, -0.25) is 0 Å². The van der Waals surface area contributed by atoms with Gasteiger partial charge in [0.2, 0.25) is 0 Å². The van der Waals surface area contributed by atoms with Crippen molar-refractivity contribution in [3.63, 3.8) is 0 Å². The van der Waals surface area contributed by atoms with Gasteiger partial charge in [-0.05, 0) is 12.3 Å². The maximum absolute atomic E-state index is 10.2. The molecule has 0 spiro atoms. The van der Waals surface area contributed by atoms with E-state index in [1.165, 1.54) is 66.5 Å². The fraction of sp³-hybridized carbons (Fsp3) is 1.00. The Morgan fingerprint density at radius 3 is 1.73 bits per heavy atom. The van der Waals surface area contributed by atoms with Crippen LogP contribution in [-0.2, 0) is 9.09 Å². The minimum absolute atomic E-state index is 0.0424. The van der Waals surface area contributed by atoms with Gasteiger partial charge < -0.3 is 18.9 Å². The van der Waals surface area contributed by atoms with Crippen LogP contribution < -0.4 is 9.79 Å². The predicted octanol–water partition coefficient (Wildman–Crippen LogP) is 4.22. The van der Waals surface area contributed by atoms with E-state index in [2.05, 4.69) is 25.3 Å². The normalized spacial score (nSPS) is 14.2. The molecule has 0 saturated carbocycles. The van der Waals surface area contributed by atoms with Gasteiger partial charge in [-0.1, -0.05) is 33.1 Å². The molecule has 2 unspecified atom stereocenters. The first-order valence-electron chi connectivity index (χ1n) is 8.65. The topological polar surface area (TPSA) is 72.4 Å². The Bertz CT molecular complexity index is 267. The number of hydrogen-bond acceptors (Lipinski definition) is 4. The number of phosphoric ester groups is 1. The van der Waals surface area contributed by atoms with Crippen molar-refractivity contribution in [3.8, 4) is 0 Å². The summed E-state index contributed by atoms with van der Waals surface area (Å²) in [6, 6.07) is 0. The summed E-state index contributed by atoms with van der Waals surface area (Å²) in [5, 5.41) is 0. The molecule has 0 fully saturated rings. The van der Waals surface area contributed by atoms with Crippen molar-refractivity contribution in [2.45, 2.75) is 81.1 Å². The Kier molecular flexibility index (Phi) is 20.2. The average Bonchev–Trinajstić information content (AvgIpc) is 2.48. The number of unbranched alkanes of at least 4 members (excludes halogenated alkanes) is 2. The predicted molar refractivity (Wildman–Crippen MR) is 85.0 cm³/mol. The van der Waals surface area contributed by atoms with Crippen molar-refractivity contribution in [2.75, 3.05) is 6.61 Å². The van der Waals surface area contributed by atoms with Gasteiger partial charge in [-0.25, -0.2) is 0 Å². The van der Waals surface area contributed by atoms with Gasteiger partial charge in [0.25, 0.3) is 0 Å². The molecule has 4 nitrogen and oxygen atoms in total. The Morgan fingerprint density at radius 1 is 0.955 bits per heavy atom. The Balaban J connectivity index is 0. The SMILES string of the molecule is CCCCC(CC)COP(=O)([O-])[O-].CCCCC(CC)[CH2][Nd+2]. The van der Waals surface area contributed by atoms with Crippen LogP contribution in [0.4, 0.5) is 0 Å². The minimum atomic E-state index is -4.76. The molecule has 2 atom stereocenters. The second-order valence-electron chi connectivity index (χ2n) is 5.78. The number of rotatable bonds is 12. The van der Waals surface area contributed by atoms with Crippen molar-refractivity contribution in [3.05, 3.63) is 0 Å². The van der Waals surface area contributed by atoms with E-state index in [1.807, 2.05) is 6.92 Å². The summed E-state index contributed by atoms with van der Waals surface area (Å²) >= 11 is 1.40.